The highest BCUT2D eigenvalue weighted by Crippen LogP contribution is 2.29. The van der Waals surface area contributed by atoms with Gasteiger partial charge in [0.05, 0.1) is 6.61 Å². The van der Waals surface area contributed by atoms with E-state index in [-0.39, 0.29) is 6.61 Å². The maximum Gasteiger partial charge on any atom is 0.509 e. The Morgan fingerprint density at radius 1 is 1.21 bits per heavy atom. The van der Waals surface area contributed by atoms with Crippen molar-refractivity contribution in [2.24, 2.45) is 0 Å². The molecule has 1 fully saturated rings. The fourth-order valence-electron chi connectivity index (χ4n) is 1.45. The minimum Gasteiger partial charge on any atom is -0.424 e. The summed E-state index contributed by atoms with van der Waals surface area (Å²) in [4.78, 5) is 10.8. The van der Waals surface area contributed by atoms with Gasteiger partial charge >= 0.3 is 6.16 Å². The van der Waals surface area contributed by atoms with Crippen molar-refractivity contribution in [3.8, 4) is 0 Å². The van der Waals surface area contributed by atoms with Crippen LogP contribution in [-0.2, 0) is 9.47 Å². The molecule has 4 heteroatoms. The summed E-state index contributed by atoms with van der Waals surface area (Å²) in [6.45, 7) is -0.231. The molecule has 1 aliphatic rings. The molecule has 0 bridgehead atoms. The van der Waals surface area contributed by atoms with E-state index in [1.54, 1.807) is 0 Å². The van der Waals surface area contributed by atoms with Crippen LogP contribution >= 0.6 is 0 Å². The number of aliphatic hydroxyl groups excluding tert-OH is 1. The second kappa shape index (κ2) is 3.67. The lowest BCUT2D eigenvalue weighted by Gasteiger charge is -2.12. The molecule has 1 N–H and O–H groups in total. The number of carbonyl (C=O) groups is 1. The largest absolute Gasteiger partial charge is 0.509 e. The van der Waals surface area contributed by atoms with Gasteiger partial charge in [-0.3, -0.25) is 0 Å². The molecule has 0 radical (unpaired) electrons. The predicted octanol–water partition coefficient (Wildman–Crippen LogP) is 1.26. The standard InChI is InChI=1S/C10H10O4/c11-6-8-9(14-10(12)13-8)7-4-2-1-3-5-7/h1-5,8-9,11H,6H2. The first-order valence-electron chi connectivity index (χ1n) is 4.34. The van der Waals surface area contributed by atoms with Gasteiger partial charge in [-0.05, 0) is 5.56 Å². The summed E-state index contributed by atoms with van der Waals surface area (Å²) in [5, 5.41) is 8.96. The zero-order valence-electron chi connectivity index (χ0n) is 7.42. The van der Waals surface area contributed by atoms with Gasteiger partial charge < -0.3 is 14.6 Å². The molecule has 0 amide bonds. The van der Waals surface area contributed by atoms with Crippen LogP contribution in [0.5, 0.6) is 0 Å². The van der Waals surface area contributed by atoms with Crippen molar-refractivity contribution >= 4 is 6.16 Å². The van der Waals surface area contributed by atoms with E-state index in [0.717, 1.165) is 5.56 Å². The molecule has 14 heavy (non-hydrogen) atoms. The predicted molar refractivity (Wildman–Crippen MR) is 47.6 cm³/mol. The van der Waals surface area contributed by atoms with Gasteiger partial charge in [0.2, 0.25) is 0 Å². The molecule has 1 aromatic carbocycles. The number of aliphatic hydroxyl groups is 1. The number of cyclic esters (lactones) is 2. The van der Waals surface area contributed by atoms with Gasteiger partial charge in [-0.15, -0.1) is 0 Å². The average Bonchev–Trinajstić information content (AvgIpc) is 2.61. The van der Waals surface area contributed by atoms with Gasteiger partial charge in [0.25, 0.3) is 0 Å². The van der Waals surface area contributed by atoms with Crippen LogP contribution in [0.15, 0.2) is 30.3 Å². The van der Waals surface area contributed by atoms with Crippen molar-refractivity contribution in [3.05, 3.63) is 35.9 Å². The summed E-state index contributed by atoms with van der Waals surface area (Å²) in [6.07, 6.45) is -1.81. The highest BCUT2D eigenvalue weighted by molar-refractivity contribution is 5.63. The van der Waals surface area contributed by atoms with Gasteiger partial charge in [-0.1, -0.05) is 30.3 Å². The first-order chi connectivity index (χ1) is 6.81. The van der Waals surface area contributed by atoms with Gasteiger partial charge in [-0.25, -0.2) is 4.79 Å². The minimum absolute atomic E-state index is 0.231. The summed E-state index contributed by atoms with van der Waals surface area (Å²) in [7, 11) is 0. The van der Waals surface area contributed by atoms with Crippen LogP contribution in [0.3, 0.4) is 0 Å². The number of hydrogen-bond acceptors (Lipinski definition) is 4. The Morgan fingerprint density at radius 3 is 2.57 bits per heavy atom. The third-order valence-corrected chi connectivity index (χ3v) is 2.12. The molecule has 4 nitrogen and oxygen atoms in total. The highest BCUT2D eigenvalue weighted by atomic mass is 16.8. The number of carbonyl (C=O) groups excluding carboxylic acids is 1. The summed E-state index contributed by atoms with van der Waals surface area (Å²) in [6, 6.07) is 9.21. The molecule has 2 atom stereocenters. The van der Waals surface area contributed by atoms with Crippen LogP contribution in [-0.4, -0.2) is 24.0 Å². The summed E-state index contributed by atoms with van der Waals surface area (Å²) in [5.41, 5.74) is 0.831. The van der Waals surface area contributed by atoms with E-state index in [0.29, 0.717) is 0 Å². The molecule has 1 heterocycles. The molecular formula is C10H10O4. The SMILES string of the molecule is O=C1OC(CO)C(c2ccccc2)O1. The Balaban J connectivity index is 2.22. The van der Waals surface area contributed by atoms with E-state index in [9.17, 15) is 4.79 Å². The molecule has 1 aromatic rings. The third-order valence-electron chi connectivity index (χ3n) is 2.12. The van der Waals surface area contributed by atoms with E-state index in [1.807, 2.05) is 30.3 Å². The zero-order chi connectivity index (χ0) is 9.97. The topological polar surface area (TPSA) is 55.8 Å². The zero-order valence-corrected chi connectivity index (χ0v) is 7.42. The van der Waals surface area contributed by atoms with Crippen molar-refractivity contribution in [3.63, 3.8) is 0 Å². The highest BCUT2D eigenvalue weighted by Gasteiger charge is 2.36. The molecule has 1 aliphatic heterocycles. The van der Waals surface area contributed by atoms with Crippen LogP contribution in [0, 0.1) is 0 Å². The normalized spacial score (nSPS) is 25.6. The van der Waals surface area contributed by atoms with Gasteiger partial charge in [0, 0.05) is 0 Å². The summed E-state index contributed by atoms with van der Waals surface area (Å²) >= 11 is 0. The molecule has 0 aliphatic carbocycles. The molecule has 0 saturated carbocycles. The Kier molecular flexibility index (Phi) is 2.37. The number of rotatable bonds is 2. The Labute approximate surface area is 81.1 Å². The van der Waals surface area contributed by atoms with Gasteiger partial charge in [-0.2, -0.15) is 0 Å². The summed E-state index contributed by atoms with van der Waals surface area (Å²) in [5.74, 6) is 0. The summed E-state index contributed by atoms with van der Waals surface area (Å²) < 4.78 is 9.70. The maximum atomic E-state index is 10.8. The molecule has 2 rings (SSSR count). The van der Waals surface area contributed by atoms with Crippen LogP contribution in [0.25, 0.3) is 0 Å². The van der Waals surface area contributed by atoms with Crippen LogP contribution in [0.2, 0.25) is 0 Å². The van der Waals surface area contributed by atoms with Gasteiger partial charge in [0.1, 0.15) is 0 Å². The fraction of sp³-hybridized carbons (Fsp3) is 0.300. The van der Waals surface area contributed by atoms with Gasteiger partial charge in [0.15, 0.2) is 12.2 Å². The van der Waals surface area contributed by atoms with Crippen molar-refractivity contribution in [1.82, 2.24) is 0 Å². The molecular weight excluding hydrogens is 184 g/mol. The van der Waals surface area contributed by atoms with Crippen molar-refractivity contribution in [2.75, 3.05) is 6.61 Å². The van der Waals surface area contributed by atoms with E-state index >= 15 is 0 Å². The van der Waals surface area contributed by atoms with Crippen molar-refractivity contribution < 1.29 is 19.4 Å². The smallest absolute Gasteiger partial charge is 0.424 e. The quantitative estimate of drug-likeness (QED) is 0.720. The molecule has 0 spiro atoms. The van der Waals surface area contributed by atoms with Crippen LogP contribution < -0.4 is 0 Å². The van der Waals surface area contributed by atoms with Crippen LogP contribution in [0.4, 0.5) is 4.79 Å². The minimum atomic E-state index is -0.724. The first-order valence-corrected chi connectivity index (χ1v) is 4.34. The number of benzene rings is 1. The van der Waals surface area contributed by atoms with Crippen molar-refractivity contribution in [1.29, 1.82) is 0 Å². The van der Waals surface area contributed by atoms with Crippen molar-refractivity contribution in [2.45, 2.75) is 12.2 Å². The molecule has 2 unspecified atom stereocenters. The first kappa shape index (κ1) is 9.02. The lowest BCUT2D eigenvalue weighted by atomic mass is 10.1. The Morgan fingerprint density at radius 2 is 1.93 bits per heavy atom. The maximum absolute atomic E-state index is 10.8. The van der Waals surface area contributed by atoms with E-state index in [4.69, 9.17) is 14.6 Å². The van der Waals surface area contributed by atoms with E-state index in [2.05, 4.69) is 0 Å². The molecule has 0 aromatic heterocycles. The lowest BCUT2D eigenvalue weighted by molar-refractivity contribution is 0.0816. The monoisotopic (exact) mass is 194 g/mol. The Bertz CT molecular complexity index is 322. The molecule has 74 valence electrons. The molecule has 1 saturated heterocycles. The van der Waals surface area contributed by atoms with E-state index < -0.39 is 18.4 Å². The van der Waals surface area contributed by atoms with Crippen LogP contribution in [0.1, 0.15) is 11.7 Å². The second-order valence-corrected chi connectivity index (χ2v) is 3.04. The number of hydrogen-bond donors (Lipinski definition) is 1. The lowest BCUT2D eigenvalue weighted by Crippen LogP contribution is -2.19. The van der Waals surface area contributed by atoms with E-state index in [1.165, 1.54) is 0 Å². The Hall–Kier alpha value is -1.55. The second-order valence-electron chi connectivity index (χ2n) is 3.04. The average molecular weight is 194 g/mol. The fourth-order valence-corrected chi connectivity index (χ4v) is 1.45. The third kappa shape index (κ3) is 1.56. The number of ether oxygens (including phenoxy) is 2.